The minimum Gasteiger partial charge on any atom is -0.399 e. The van der Waals surface area contributed by atoms with Gasteiger partial charge in [-0.3, -0.25) is 4.79 Å². The number of aryl methyl sites for hydroxylation is 1. The van der Waals surface area contributed by atoms with E-state index in [1.807, 2.05) is 31.2 Å². The van der Waals surface area contributed by atoms with E-state index >= 15 is 0 Å². The van der Waals surface area contributed by atoms with E-state index in [2.05, 4.69) is 27.4 Å². The summed E-state index contributed by atoms with van der Waals surface area (Å²) >= 11 is 1.54. The van der Waals surface area contributed by atoms with Crippen molar-refractivity contribution in [3.05, 3.63) is 66.0 Å². The molecule has 0 aliphatic heterocycles. The van der Waals surface area contributed by atoms with Crippen molar-refractivity contribution >= 4 is 22.4 Å². The first-order valence-electron chi connectivity index (χ1n) is 9.54. The summed E-state index contributed by atoms with van der Waals surface area (Å²) in [4.78, 5) is 11.7. The number of nitrogens with two attached hydrogens (primary N) is 1. The Labute approximate surface area is 172 Å². The van der Waals surface area contributed by atoms with Crippen LogP contribution in [-0.4, -0.2) is 22.6 Å². The van der Waals surface area contributed by atoms with Crippen molar-refractivity contribution < 1.29 is 4.79 Å². The van der Waals surface area contributed by atoms with E-state index in [4.69, 9.17) is 5.73 Å². The van der Waals surface area contributed by atoms with Gasteiger partial charge in [0.05, 0.1) is 0 Å². The Bertz CT molecular complexity index is 703. The van der Waals surface area contributed by atoms with Gasteiger partial charge in [0.1, 0.15) is 5.01 Å². The van der Waals surface area contributed by atoms with E-state index in [-0.39, 0.29) is 5.91 Å². The lowest BCUT2D eigenvalue weighted by Gasteiger charge is -2.03. The van der Waals surface area contributed by atoms with Gasteiger partial charge in [-0.1, -0.05) is 48.6 Å². The highest BCUT2D eigenvalue weighted by atomic mass is 32.1. The molecule has 0 aromatic carbocycles. The molecule has 0 radical (unpaired) electrons. The highest BCUT2D eigenvalue weighted by Crippen LogP contribution is 2.17. The number of carbonyl (C=O) groups excluding carboxylic acids is 1. The van der Waals surface area contributed by atoms with Crippen molar-refractivity contribution in [2.75, 3.05) is 11.9 Å². The van der Waals surface area contributed by atoms with Crippen molar-refractivity contribution in [3.63, 3.8) is 0 Å². The molecule has 0 fully saturated rings. The van der Waals surface area contributed by atoms with Gasteiger partial charge in [0, 0.05) is 31.3 Å². The summed E-state index contributed by atoms with van der Waals surface area (Å²) in [6, 6.07) is 0. The number of amides is 1. The topological polar surface area (TPSA) is 92.9 Å². The van der Waals surface area contributed by atoms with Crippen LogP contribution < -0.4 is 16.4 Å². The van der Waals surface area contributed by atoms with Crippen LogP contribution in [0.15, 0.2) is 61.0 Å². The molecule has 1 aromatic rings. The molecular weight excluding hydrogens is 370 g/mol. The van der Waals surface area contributed by atoms with E-state index in [9.17, 15) is 4.79 Å². The molecule has 1 heterocycles. The smallest absolute Gasteiger partial charge is 0.220 e. The lowest BCUT2D eigenvalue weighted by molar-refractivity contribution is -0.121. The summed E-state index contributed by atoms with van der Waals surface area (Å²) in [5.41, 5.74) is 6.22. The first-order chi connectivity index (χ1) is 13.7. The van der Waals surface area contributed by atoms with Crippen LogP contribution in [0.1, 0.15) is 44.0 Å². The van der Waals surface area contributed by atoms with Gasteiger partial charge in [0.2, 0.25) is 11.0 Å². The predicted octanol–water partition coefficient (Wildman–Crippen LogP) is 4.23. The van der Waals surface area contributed by atoms with E-state index in [0.29, 0.717) is 12.1 Å². The molecule has 0 spiro atoms. The van der Waals surface area contributed by atoms with Crippen molar-refractivity contribution in [2.24, 2.45) is 5.73 Å². The number of anilines is 1. The number of carbonyl (C=O) groups is 1. The number of nitrogens with zero attached hydrogens (tertiary/aromatic N) is 2. The van der Waals surface area contributed by atoms with Crippen molar-refractivity contribution in [3.8, 4) is 0 Å². The fourth-order valence-electron chi connectivity index (χ4n) is 2.15. The molecule has 0 atom stereocenters. The maximum absolute atomic E-state index is 11.7. The zero-order valence-corrected chi connectivity index (χ0v) is 17.4. The molecule has 0 aliphatic carbocycles. The second kappa shape index (κ2) is 15.4. The summed E-state index contributed by atoms with van der Waals surface area (Å²) in [6.07, 6.45) is 20.1. The van der Waals surface area contributed by atoms with Crippen LogP contribution in [0.25, 0.3) is 0 Å². The van der Waals surface area contributed by atoms with Crippen molar-refractivity contribution in [1.82, 2.24) is 15.5 Å². The van der Waals surface area contributed by atoms with Gasteiger partial charge in [-0.2, -0.15) is 0 Å². The minimum atomic E-state index is 0.114. The summed E-state index contributed by atoms with van der Waals surface area (Å²) in [6.45, 7) is 6.28. The number of nitrogens with one attached hydrogen (secondary N) is 2. The standard InChI is InChI=1S/C21H31N5OS/c1-3-5-6-7-9-14-19(27)23-16-11-8-10-15-20-25-26-21(28-20)24-17-12-13-18(22)4-2/h3-7,12-13,17H,2,8-11,14-16,22H2,1H3,(H,23,27)(H,24,26)/b5-3-,7-6-,17-12+,18-13+. The second-order valence-electron chi connectivity index (χ2n) is 6.03. The van der Waals surface area contributed by atoms with Gasteiger partial charge in [0.25, 0.3) is 0 Å². The number of allylic oxidation sites excluding steroid dienone is 7. The van der Waals surface area contributed by atoms with Crippen LogP contribution in [-0.2, 0) is 11.2 Å². The first-order valence-corrected chi connectivity index (χ1v) is 10.4. The number of hydrogen-bond acceptors (Lipinski definition) is 6. The van der Waals surface area contributed by atoms with Crippen LogP contribution in [0.5, 0.6) is 0 Å². The third-order valence-corrected chi connectivity index (χ3v) is 4.58. The van der Waals surface area contributed by atoms with Gasteiger partial charge in [0.15, 0.2) is 0 Å². The predicted molar refractivity (Wildman–Crippen MR) is 119 cm³/mol. The molecule has 4 N–H and O–H groups in total. The average molecular weight is 402 g/mol. The van der Waals surface area contributed by atoms with Crippen LogP contribution >= 0.6 is 11.3 Å². The monoisotopic (exact) mass is 401 g/mol. The number of unbranched alkanes of at least 4 members (excludes halogenated alkanes) is 2. The molecule has 6 nitrogen and oxygen atoms in total. The fraction of sp³-hybridized carbons (Fsp3) is 0.381. The zero-order chi connectivity index (χ0) is 20.5. The highest BCUT2D eigenvalue weighted by Gasteiger charge is 2.03. The molecule has 152 valence electrons. The molecule has 0 aliphatic rings. The Balaban J connectivity index is 2.10. The molecule has 0 saturated heterocycles. The number of aromatic nitrogens is 2. The van der Waals surface area contributed by atoms with E-state index < -0.39 is 0 Å². The lowest BCUT2D eigenvalue weighted by atomic mass is 10.2. The minimum absolute atomic E-state index is 0.114. The molecule has 1 rings (SSSR count). The third-order valence-electron chi connectivity index (χ3n) is 3.66. The summed E-state index contributed by atoms with van der Waals surface area (Å²) in [7, 11) is 0. The van der Waals surface area contributed by atoms with Crippen molar-refractivity contribution in [1.29, 1.82) is 0 Å². The normalized spacial score (nSPS) is 12.2. The zero-order valence-electron chi connectivity index (χ0n) is 16.6. The van der Waals surface area contributed by atoms with Gasteiger partial charge >= 0.3 is 0 Å². The Morgan fingerprint density at radius 1 is 1.21 bits per heavy atom. The van der Waals surface area contributed by atoms with Crippen LogP contribution in [0.3, 0.4) is 0 Å². The quantitative estimate of drug-likeness (QED) is 0.320. The Kier molecular flexibility index (Phi) is 12.8. The van der Waals surface area contributed by atoms with Crippen LogP contribution in [0.4, 0.5) is 5.13 Å². The maximum atomic E-state index is 11.7. The van der Waals surface area contributed by atoms with Gasteiger partial charge in [-0.05, 0) is 44.4 Å². The van der Waals surface area contributed by atoms with Crippen molar-refractivity contribution in [2.45, 2.75) is 45.4 Å². The van der Waals surface area contributed by atoms with E-state index in [0.717, 1.165) is 48.8 Å². The Hall–Kier alpha value is -2.67. The molecule has 1 amide bonds. The Morgan fingerprint density at radius 2 is 2.07 bits per heavy atom. The molecule has 28 heavy (non-hydrogen) atoms. The lowest BCUT2D eigenvalue weighted by Crippen LogP contribution is -2.23. The largest absolute Gasteiger partial charge is 0.399 e. The number of hydrogen-bond donors (Lipinski definition) is 3. The SMILES string of the molecule is C=C/C(N)=C\C=C\Nc1nnc(CCCCCNC(=O)CC/C=C\C=C/C)s1. The number of rotatable bonds is 14. The molecule has 0 saturated carbocycles. The molecular formula is C21H31N5OS. The summed E-state index contributed by atoms with van der Waals surface area (Å²) in [5, 5.41) is 16.1. The maximum Gasteiger partial charge on any atom is 0.220 e. The van der Waals surface area contributed by atoms with E-state index in [1.165, 1.54) is 0 Å². The fourth-order valence-corrected chi connectivity index (χ4v) is 2.91. The Morgan fingerprint density at radius 3 is 2.86 bits per heavy atom. The van der Waals surface area contributed by atoms with Gasteiger partial charge < -0.3 is 16.4 Å². The summed E-state index contributed by atoms with van der Waals surface area (Å²) < 4.78 is 0. The van der Waals surface area contributed by atoms with Gasteiger partial charge in [-0.25, -0.2) is 0 Å². The van der Waals surface area contributed by atoms with Crippen LogP contribution in [0.2, 0.25) is 0 Å². The first kappa shape index (κ1) is 23.4. The molecule has 1 aromatic heterocycles. The van der Waals surface area contributed by atoms with Gasteiger partial charge in [-0.15, -0.1) is 10.2 Å². The second-order valence-corrected chi connectivity index (χ2v) is 7.09. The average Bonchev–Trinajstić information content (AvgIpc) is 3.15. The summed E-state index contributed by atoms with van der Waals surface area (Å²) in [5.74, 6) is 0.114. The molecule has 7 heteroatoms. The molecule has 0 bridgehead atoms. The third kappa shape index (κ3) is 11.9. The van der Waals surface area contributed by atoms with E-state index in [1.54, 1.807) is 35.8 Å². The van der Waals surface area contributed by atoms with Crippen LogP contribution in [0, 0.1) is 0 Å². The molecule has 0 unspecified atom stereocenters. The highest BCUT2D eigenvalue weighted by molar-refractivity contribution is 7.15.